The minimum Gasteiger partial charge on any atom is -0.460 e. The topological polar surface area (TPSA) is 55.7 Å². The summed E-state index contributed by atoms with van der Waals surface area (Å²) in [5.41, 5.74) is 1.32. The van der Waals surface area contributed by atoms with Gasteiger partial charge in [-0.1, -0.05) is 11.6 Å². The first-order valence-electron chi connectivity index (χ1n) is 5.84. The van der Waals surface area contributed by atoms with Gasteiger partial charge in [-0.15, -0.1) is 4.91 Å². The lowest BCUT2D eigenvalue weighted by Gasteiger charge is -2.19. The van der Waals surface area contributed by atoms with Crippen LogP contribution in [0.25, 0.3) is 0 Å². The van der Waals surface area contributed by atoms with E-state index in [4.69, 9.17) is 4.74 Å². The minimum atomic E-state index is -0.424. The largest absolute Gasteiger partial charge is 0.460 e. The Kier molecular flexibility index (Phi) is 4.61. The molecule has 0 fully saturated rings. The zero-order chi connectivity index (χ0) is 12.9. The Balaban J connectivity index is 2.37. The molecular weight excluding hydrogens is 218 g/mol. The first kappa shape index (κ1) is 13.6. The van der Waals surface area contributed by atoms with E-state index < -0.39 is 5.60 Å². The number of esters is 1. The van der Waals surface area contributed by atoms with Crippen LogP contribution in [0.5, 0.6) is 0 Å². The number of ether oxygens (including phenoxy) is 1. The Morgan fingerprint density at radius 1 is 1.35 bits per heavy atom. The van der Waals surface area contributed by atoms with Gasteiger partial charge in [0.15, 0.2) is 0 Å². The standard InChI is InChI=1S/C13H19NO3/c1-13(2,3)17-12(15)9-6-10-4-7-11(14-16)8-5-10/h4,7H,5-6,8-9H2,1-3H3. The van der Waals surface area contributed by atoms with Crippen LogP contribution in [0.1, 0.15) is 46.5 Å². The summed E-state index contributed by atoms with van der Waals surface area (Å²) in [5, 5.41) is 2.90. The summed E-state index contributed by atoms with van der Waals surface area (Å²) < 4.78 is 5.22. The summed E-state index contributed by atoms with van der Waals surface area (Å²) in [7, 11) is 0. The van der Waals surface area contributed by atoms with Crippen LogP contribution in [-0.2, 0) is 9.53 Å². The molecule has 17 heavy (non-hydrogen) atoms. The number of hydrogen-bond donors (Lipinski definition) is 0. The Labute approximate surface area is 102 Å². The van der Waals surface area contributed by atoms with E-state index in [1.165, 1.54) is 5.57 Å². The number of rotatable bonds is 4. The number of nitroso groups, excluding NO2 is 1. The molecular formula is C13H19NO3. The Morgan fingerprint density at radius 3 is 2.53 bits per heavy atom. The van der Waals surface area contributed by atoms with Crippen molar-refractivity contribution in [1.29, 1.82) is 0 Å². The second-order valence-corrected chi connectivity index (χ2v) is 5.16. The number of carbonyl (C=O) groups excluding carboxylic acids is 1. The van der Waals surface area contributed by atoms with Gasteiger partial charge in [-0.2, -0.15) is 0 Å². The molecule has 94 valence electrons. The number of nitrogens with zero attached hydrogens (tertiary/aromatic N) is 1. The van der Waals surface area contributed by atoms with Crippen LogP contribution in [0.15, 0.2) is 28.6 Å². The fourth-order valence-electron chi connectivity index (χ4n) is 1.61. The molecule has 0 aromatic rings. The number of allylic oxidation sites excluding steroid dienone is 4. The van der Waals surface area contributed by atoms with Gasteiger partial charge in [-0.25, -0.2) is 0 Å². The molecule has 0 amide bonds. The summed E-state index contributed by atoms with van der Waals surface area (Å²) in [6.45, 7) is 5.57. The normalized spacial score (nSPS) is 15.9. The molecule has 0 saturated carbocycles. The predicted molar refractivity (Wildman–Crippen MR) is 66.3 cm³/mol. The summed E-state index contributed by atoms with van der Waals surface area (Å²) >= 11 is 0. The van der Waals surface area contributed by atoms with Gasteiger partial charge < -0.3 is 4.74 Å². The molecule has 0 aromatic heterocycles. The van der Waals surface area contributed by atoms with Crippen molar-refractivity contribution in [2.24, 2.45) is 5.18 Å². The predicted octanol–water partition coefficient (Wildman–Crippen LogP) is 3.48. The lowest BCUT2D eigenvalue weighted by atomic mass is 9.99. The van der Waals surface area contributed by atoms with E-state index in [9.17, 15) is 9.70 Å². The molecule has 0 heterocycles. The summed E-state index contributed by atoms with van der Waals surface area (Å²) in [5.74, 6) is -0.179. The van der Waals surface area contributed by atoms with E-state index in [1.807, 2.05) is 26.8 Å². The van der Waals surface area contributed by atoms with Gasteiger partial charge in [0.1, 0.15) is 5.60 Å². The molecule has 1 aliphatic carbocycles. The third-order valence-corrected chi connectivity index (χ3v) is 2.40. The molecule has 1 rings (SSSR count). The van der Waals surface area contributed by atoms with Crippen molar-refractivity contribution < 1.29 is 9.53 Å². The van der Waals surface area contributed by atoms with Crippen LogP contribution in [0.3, 0.4) is 0 Å². The van der Waals surface area contributed by atoms with E-state index in [-0.39, 0.29) is 5.97 Å². The highest BCUT2D eigenvalue weighted by Crippen LogP contribution is 2.22. The molecule has 0 spiro atoms. The van der Waals surface area contributed by atoms with E-state index in [1.54, 1.807) is 6.08 Å². The third kappa shape index (κ3) is 5.43. The molecule has 4 heteroatoms. The lowest BCUT2D eigenvalue weighted by Crippen LogP contribution is -2.23. The molecule has 0 radical (unpaired) electrons. The monoisotopic (exact) mass is 237 g/mol. The van der Waals surface area contributed by atoms with Crippen molar-refractivity contribution >= 4 is 5.97 Å². The summed E-state index contributed by atoms with van der Waals surface area (Å²) in [4.78, 5) is 21.8. The molecule has 1 aliphatic rings. The molecule has 0 saturated heterocycles. The van der Waals surface area contributed by atoms with Crippen molar-refractivity contribution in [3.8, 4) is 0 Å². The van der Waals surface area contributed by atoms with Crippen molar-refractivity contribution in [3.05, 3.63) is 28.3 Å². The second kappa shape index (κ2) is 5.75. The van der Waals surface area contributed by atoms with E-state index >= 15 is 0 Å². The highest BCUT2D eigenvalue weighted by Gasteiger charge is 2.16. The Bertz CT molecular complexity index is 361. The van der Waals surface area contributed by atoms with Crippen molar-refractivity contribution in [2.45, 2.75) is 52.1 Å². The molecule has 0 unspecified atom stereocenters. The number of hydrogen-bond acceptors (Lipinski definition) is 4. The smallest absolute Gasteiger partial charge is 0.306 e. The average Bonchev–Trinajstić information content (AvgIpc) is 2.25. The fraction of sp³-hybridized carbons (Fsp3) is 0.615. The van der Waals surface area contributed by atoms with Crippen molar-refractivity contribution in [1.82, 2.24) is 0 Å². The molecule has 0 atom stereocenters. The highest BCUT2D eigenvalue weighted by atomic mass is 16.6. The minimum absolute atomic E-state index is 0.179. The van der Waals surface area contributed by atoms with Gasteiger partial charge in [0.05, 0.1) is 5.70 Å². The van der Waals surface area contributed by atoms with Crippen LogP contribution < -0.4 is 0 Å². The van der Waals surface area contributed by atoms with Gasteiger partial charge in [-0.05, 0) is 51.3 Å². The van der Waals surface area contributed by atoms with Crippen LogP contribution >= 0.6 is 0 Å². The maximum absolute atomic E-state index is 11.5. The Morgan fingerprint density at radius 2 is 2.06 bits per heavy atom. The van der Waals surface area contributed by atoms with Crippen LogP contribution in [0, 0.1) is 4.91 Å². The summed E-state index contributed by atoms with van der Waals surface area (Å²) in [6, 6.07) is 0. The van der Waals surface area contributed by atoms with Crippen molar-refractivity contribution in [3.63, 3.8) is 0 Å². The van der Waals surface area contributed by atoms with Gasteiger partial charge in [0.25, 0.3) is 0 Å². The molecule has 0 aromatic carbocycles. The van der Waals surface area contributed by atoms with Crippen LogP contribution in [0.2, 0.25) is 0 Å². The van der Waals surface area contributed by atoms with Crippen LogP contribution in [-0.4, -0.2) is 11.6 Å². The van der Waals surface area contributed by atoms with Crippen molar-refractivity contribution in [2.75, 3.05) is 0 Å². The van der Waals surface area contributed by atoms with Gasteiger partial charge in [0, 0.05) is 6.42 Å². The van der Waals surface area contributed by atoms with E-state index in [0.717, 1.165) is 6.42 Å². The first-order chi connectivity index (χ1) is 7.90. The zero-order valence-corrected chi connectivity index (χ0v) is 10.7. The first-order valence-corrected chi connectivity index (χ1v) is 5.84. The highest BCUT2D eigenvalue weighted by molar-refractivity contribution is 5.70. The Hall–Kier alpha value is -1.45. The van der Waals surface area contributed by atoms with Crippen LogP contribution in [0.4, 0.5) is 0 Å². The summed E-state index contributed by atoms with van der Waals surface area (Å²) in [6.07, 6.45) is 6.16. The fourth-order valence-corrected chi connectivity index (χ4v) is 1.61. The maximum Gasteiger partial charge on any atom is 0.306 e. The van der Waals surface area contributed by atoms with Gasteiger partial charge in [-0.3, -0.25) is 4.79 Å². The zero-order valence-electron chi connectivity index (χ0n) is 10.7. The third-order valence-electron chi connectivity index (χ3n) is 2.40. The second-order valence-electron chi connectivity index (χ2n) is 5.16. The van der Waals surface area contributed by atoms with Gasteiger partial charge in [0.2, 0.25) is 0 Å². The molecule has 0 bridgehead atoms. The SMILES string of the molecule is CC(C)(C)OC(=O)CCC1=CC=C(N=O)CC1. The van der Waals surface area contributed by atoms with E-state index in [0.29, 0.717) is 25.0 Å². The molecule has 0 N–H and O–H groups in total. The quantitative estimate of drug-likeness (QED) is 0.555. The lowest BCUT2D eigenvalue weighted by molar-refractivity contribution is -0.154. The molecule has 4 nitrogen and oxygen atoms in total. The average molecular weight is 237 g/mol. The van der Waals surface area contributed by atoms with Gasteiger partial charge >= 0.3 is 5.97 Å². The molecule has 0 aliphatic heterocycles. The maximum atomic E-state index is 11.5. The number of carbonyl (C=O) groups is 1. The van der Waals surface area contributed by atoms with E-state index in [2.05, 4.69) is 5.18 Å².